The smallest absolute Gasteiger partial charge is 0.126 e. The van der Waals surface area contributed by atoms with E-state index < -0.39 is 0 Å². The molecule has 1 saturated heterocycles. The molecular formula is C16H20N4. The summed E-state index contributed by atoms with van der Waals surface area (Å²) in [4.78, 5) is 6.80. The number of nitrogens with two attached hydrogens (primary N) is 1. The fraction of sp³-hybridized carbons (Fsp3) is 0.375. The van der Waals surface area contributed by atoms with Gasteiger partial charge in [-0.25, -0.2) is 0 Å². The molecule has 4 nitrogen and oxygen atoms in total. The number of aromatic nitrogens is 1. The van der Waals surface area contributed by atoms with Crippen molar-refractivity contribution in [3.63, 3.8) is 0 Å². The summed E-state index contributed by atoms with van der Waals surface area (Å²) in [7, 11) is 0. The number of benzene rings is 1. The maximum absolute atomic E-state index is 7.82. The summed E-state index contributed by atoms with van der Waals surface area (Å²) in [6.07, 6.45) is 4.15. The van der Waals surface area contributed by atoms with Crippen molar-refractivity contribution in [3.8, 4) is 0 Å². The van der Waals surface area contributed by atoms with Crippen molar-refractivity contribution >= 4 is 22.4 Å². The Morgan fingerprint density at radius 3 is 2.95 bits per heavy atom. The molecule has 2 aromatic rings. The van der Waals surface area contributed by atoms with Gasteiger partial charge in [0.2, 0.25) is 0 Å². The summed E-state index contributed by atoms with van der Waals surface area (Å²) in [5.74, 6) is 0.833. The number of pyridine rings is 1. The van der Waals surface area contributed by atoms with Crippen molar-refractivity contribution in [3.05, 3.63) is 36.0 Å². The first kappa shape index (κ1) is 12.9. The molecule has 1 fully saturated rings. The monoisotopic (exact) mass is 268 g/mol. The van der Waals surface area contributed by atoms with Crippen molar-refractivity contribution in [1.29, 1.82) is 5.41 Å². The van der Waals surface area contributed by atoms with E-state index in [1.54, 1.807) is 6.20 Å². The Balaban J connectivity index is 2.15. The SMILES string of the molecule is CCC1CCN(c2c(C(=N)N)cnc3ccccc23)C1. The molecule has 1 aromatic heterocycles. The summed E-state index contributed by atoms with van der Waals surface area (Å²) in [6, 6.07) is 8.09. The van der Waals surface area contributed by atoms with Gasteiger partial charge in [-0.3, -0.25) is 10.4 Å². The topological polar surface area (TPSA) is 66.0 Å². The fourth-order valence-corrected chi connectivity index (χ4v) is 3.03. The highest BCUT2D eigenvalue weighted by atomic mass is 15.2. The zero-order chi connectivity index (χ0) is 14.1. The molecule has 0 spiro atoms. The third kappa shape index (κ3) is 2.11. The first-order valence-corrected chi connectivity index (χ1v) is 7.17. The third-order valence-electron chi connectivity index (χ3n) is 4.22. The van der Waals surface area contributed by atoms with Crippen LogP contribution in [0.2, 0.25) is 0 Å². The second-order valence-electron chi connectivity index (χ2n) is 5.46. The van der Waals surface area contributed by atoms with Gasteiger partial charge in [-0.15, -0.1) is 0 Å². The Morgan fingerprint density at radius 2 is 2.25 bits per heavy atom. The molecule has 3 rings (SSSR count). The lowest BCUT2D eigenvalue weighted by molar-refractivity contribution is 0.569. The maximum atomic E-state index is 7.82. The molecule has 2 heterocycles. The van der Waals surface area contributed by atoms with Crippen LogP contribution in [0.5, 0.6) is 0 Å². The molecule has 1 aliphatic heterocycles. The molecule has 0 radical (unpaired) electrons. The van der Waals surface area contributed by atoms with Gasteiger partial charge in [0.1, 0.15) is 5.84 Å². The minimum absolute atomic E-state index is 0.0956. The molecule has 0 amide bonds. The van der Waals surface area contributed by atoms with Crippen LogP contribution in [0.1, 0.15) is 25.3 Å². The van der Waals surface area contributed by atoms with Crippen molar-refractivity contribution in [2.45, 2.75) is 19.8 Å². The number of para-hydroxylation sites is 1. The maximum Gasteiger partial charge on any atom is 0.126 e. The summed E-state index contributed by atoms with van der Waals surface area (Å²) < 4.78 is 0. The Labute approximate surface area is 119 Å². The second kappa shape index (κ2) is 5.12. The Morgan fingerprint density at radius 1 is 1.45 bits per heavy atom. The molecule has 3 N–H and O–H groups in total. The molecule has 104 valence electrons. The minimum atomic E-state index is 0.0956. The van der Waals surface area contributed by atoms with E-state index in [2.05, 4.69) is 22.9 Å². The van der Waals surface area contributed by atoms with Gasteiger partial charge in [0, 0.05) is 24.7 Å². The van der Waals surface area contributed by atoms with Gasteiger partial charge in [0.15, 0.2) is 0 Å². The number of rotatable bonds is 3. The average Bonchev–Trinajstić information content (AvgIpc) is 2.94. The van der Waals surface area contributed by atoms with E-state index in [4.69, 9.17) is 11.1 Å². The number of anilines is 1. The predicted molar refractivity (Wildman–Crippen MR) is 83.4 cm³/mol. The van der Waals surface area contributed by atoms with E-state index in [1.807, 2.05) is 18.2 Å². The second-order valence-corrected chi connectivity index (χ2v) is 5.46. The molecule has 1 unspecified atom stereocenters. The summed E-state index contributed by atoms with van der Waals surface area (Å²) in [5, 5.41) is 8.92. The number of fused-ring (bicyclic) bond motifs is 1. The van der Waals surface area contributed by atoms with Crippen LogP contribution in [0.4, 0.5) is 5.69 Å². The van der Waals surface area contributed by atoms with Crippen LogP contribution in [-0.2, 0) is 0 Å². The Bertz CT molecular complexity index is 650. The third-order valence-corrected chi connectivity index (χ3v) is 4.22. The van der Waals surface area contributed by atoms with E-state index >= 15 is 0 Å². The highest BCUT2D eigenvalue weighted by Gasteiger charge is 2.25. The van der Waals surface area contributed by atoms with E-state index in [0.717, 1.165) is 41.2 Å². The largest absolute Gasteiger partial charge is 0.384 e. The Hall–Kier alpha value is -2.10. The summed E-state index contributed by atoms with van der Waals surface area (Å²) >= 11 is 0. The zero-order valence-electron chi connectivity index (χ0n) is 11.8. The van der Waals surface area contributed by atoms with E-state index in [9.17, 15) is 0 Å². The van der Waals surface area contributed by atoms with Crippen molar-refractivity contribution in [2.24, 2.45) is 11.7 Å². The van der Waals surface area contributed by atoms with Crippen molar-refractivity contribution in [1.82, 2.24) is 4.98 Å². The van der Waals surface area contributed by atoms with Crippen LogP contribution in [0.25, 0.3) is 10.9 Å². The number of nitrogen functional groups attached to an aromatic ring is 1. The van der Waals surface area contributed by atoms with Gasteiger partial charge in [-0.2, -0.15) is 0 Å². The fourth-order valence-electron chi connectivity index (χ4n) is 3.03. The molecule has 20 heavy (non-hydrogen) atoms. The van der Waals surface area contributed by atoms with Crippen LogP contribution < -0.4 is 10.6 Å². The van der Waals surface area contributed by atoms with E-state index in [-0.39, 0.29) is 5.84 Å². The van der Waals surface area contributed by atoms with E-state index in [0.29, 0.717) is 0 Å². The van der Waals surface area contributed by atoms with Gasteiger partial charge < -0.3 is 10.6 Å². The van der Waals surface area contributed by atoms with Crippen LogP contribution >= 0.6 is 0 Å². The van der Waals surface area contributed by atoms with Gasteiger partial charge in [0.25, 0.3) is 0 Å². The first-order chi connectivity index (χ1) is 9.70. The predicted octanol–water partition coefficient (Wildman–Crippen LogP) is 2.76. The molecule has 4 heteroatoms. The standard InChI is InChI=1S/C16H20N4/c1-2-11-7-8-20(10-11)15-12-5-3-4-6-14(12)19-9-13(15)16(17)18/h3-6,9,11H,2,7-8,10H2,1H3,(H3,17,18). The highest BCUT2D eigenvalue weighted by Crippen LogP contribution is 2.33. The summed E-state index contributed by atoms with van der Waals surface area (Å²) in [6.45, 7) is 4.32. The summed E-state index contributed by atoms with van der Waals surface area (Å²) in [5.41, 5.74) is 8.56. The van der Waals surface area contributed by atoms with Crippen LogP contribution in [-0.4, -0.2) is 23.9 Å². The highest BCUT2D eigenvalue weighted by molar-refractivity contribution is 6.07. The van der Waals surface area contributed by atoms with Crippen LogP contribution in [0, 0.1) is 11.3 Å². The number of amidine groups is 1. The first-order valence-electron chi connectivity index (χ1n) is 7.17. The molecular weight excluding hydrogens is 248 g/mol. The van der Waals surface area contributed by atoms with Gasteiger partial charge >= 0.3 is 0 Å². The Kier molecular flexibility index (Phi) is 3.30. The number of hydrogen-bond donors (Lipinski definition) is 2. The molecule has 1 atom stereocenters. The van der Waals surface area contributed by atoms with Crippen molar-refractivity contribution < 1.29 is 0 Å². The quantitative estimate of drug-likeness (QED) is 0.664. The minimum Gasteiger partial charge on any atom is -0.384 e. The molecule has 0 saturated carbocycles. The molecule has 0 bridgehead atoms. The molecule has 0 aliphatic carbocycles. The lowest BCUT2D eigenvalue weighted by Crippen LogP contribution is -2.24. The zero-order valence-corrected chi connectivity index (χ0v) is 11.8. The average molecular weight is 268 g/mol. The normalized spacial score (nSPS) is 18.6. The van der Waals surface area contributed by atoms with Gasteiger partial charge in [-0.05, 0) is 18.4 Å². The van der Waals surface area contributed by atoms with Crippen LogP contribution in [0.3, 0.4) is 0 Å². The lowest BCUT2D eigenvalue weighted by Gasteiger charge is -2.23. The number of nitrogens with one attached hydrogen (secondary N) is 1. The lowest BCUT2D eigenvalue weighted by atomic mass is 10.1. The van der Waals surface area contributed by atoms with Crippen molar-refractivity contribution in [2.75, 3.05) is 18.0 Å². The van der Waals surface area contributed by atoms with Gasteiger partial charge in [-0.1, -0.05) is 31.5 Å². The number of hydrogen-bond acceptors (Lipinski definition) is 3. The van der Waals surface area contributed by atoms with Crippen LogP contribution in [0.15, 0.2) is 30.5 Å². The molecule has 1 aliphatic rings. The van der Waals surface area contributed by atoms with Gasteiger partial charge in [0.05, 0.1) is 16.8 Å². The van der Waals surface area contributed by atoms with E-state index in [1.165, 1.54) is 12.8 Å². The molecule has 1 aromatic carbocycles. The number of nitrogens with zero attached hydrogens (tertiary/aromatic N) is 2.